The summed E-state index contributed by atoms with van der Waals surface area (Å²) < 4.78 is 11.4. The first kappa shape index (κ1) is 25.6. The van der Waals surface area contributed by atoms with Crippen molar-refractivity contribution in [3.63, 3.8) is 0 Å². The second kappa shape index (κ2) is 9.24. The van der Waals surface area contributed by atoms with Crippen LogP contribution in [0.4, 0.5) is 0 Å². The first-order valence-electron chi connectivity index (χ1n) is 14.6. The average Bonchev–Trinajstić information content (AvgIpc) is 3.45. The Balaban J connectivity index is 1.19. The van der Waals surface area contributed by atoms with Crippen molar-refractivity contribution in [2.24, 2.45) is 46.3 Å². The van der Waals surface area contributed by atoms with Gasteiger partial charge < -0.3 is 24.5 Å². The van der Waals surface area contributed by atoms with E-state index in [-0.39, 0.29) is 35.1 Å². The van der Waals surface area contributed by atoms with Crippen LogP contribution in [-0.2, 0) is 6.42 Å². The van der Waals surface area contributed by atoms with Crippen molar-refractivity contribution in [1.29, 1.82) is 0 Å². The molecule has 6 heteroatoms. The molecule has 4 aliphatic carbocycles. The molecule has 3 N–H and O–H groups in total. The van der Waals surface area contributed by atoms with Crippen LogP contribution in [0, 0.1) is 46.3 Å². The molecule has 6 nitrogen and oxygen atoms in total. The highest BCUT2D eigenvalue weighted by molar-refractivity contribution is 5.74. The fourth-order valence-corrected chi connectivity index (χ4v) is 9.87. The molecule has 204 valence electrons. The van der Waals surface area contributed by atoms with Gasteiger partial charge in [0.15, 0.2) is 11.5 Å². The zero-order valence-electron chi connectivity index (χ0n) is 22.9. The highest BCUT2D eigenvalue weighted by Gasteiger charge is 2.65. The minimum absolute atomic E-state index is 0.116. The number of aryl methyl sites for hydroxylation is 1. The fourth-order valence-electron chi connectivity index (χ4n) is 9.87. The van der Waals surface area contributed by atoms with Crippen LogP contribution in [0.15, 0.2) is 22.6 Å². The van der Waals surface area contributed by atoms with Gasteiger partial charge in [0.25, 0.3) is 0 Å². The number of ether oxygens (including phenoxy) is 1. The molecule has 0 saturated heterocycles. The number of aliphatic hydroxyl groups is 3. The van der Waals surface area contributed by atoms with E-state index in [1.807, 2.05) is 18.2 Å². The largest absolute Gasteiger partial charge is 0.497 e. The van der Waals surface area contributed by atoms with Gasteiger partial charge in [0, 0.05) is 12.5 Å². The molecular weight excluding hydrogens is 466 g/mol. The van der Waals surface area contributed by atoms with Gasteiger partial charge in [0.2, 0.25) is 0 Å². The van der Waals surface area contributed by atoms with Gasteiger partial charge in [-0.05, 0) is 110 Å². The van der Waals surface area contributed by atoms with Crippen molar-refractivity contribution >= 4 is 11.1 Å². The number of hydrogen-bond donors (Lipinski definition) is 3. The summed E-state index contributed by atoms with van der Waals surface area (Å²) in [4.78, 5) is 4.69. The molecule has 1 unspecified atom stereocenters. The molecule has 0 aliphatic heterocycles. The van der Waals surface area contributed by atoms with Gasteiger partial charge in [-0.15, -0.1) is 0 Å². The Labute approximate surface area is 220 Å². The zero-order valence-corrected chi connectivity index (χ0v) is 22.9. The molecule has 0 radical (unpaired) electrons. The summed E-state index contributed by atoms with van der Waals surface area (Å²) in [7, 11) is 1.65. The molecule has 0 amide bonds. The highest BCUT2D eigenvalue weighted by Crippen LogP contribution is 2.68. The topological polar surface area (TPSA) is 96.0 Å². The summed E-state index contributed by atoms with van der Waals surface area (Å²) in [5.41, 5.74) is 1.56. The van der Waals surface area contributed by atoms with Gasteiger partial charge >= 0.3 is 0 Å². The Hall–Kier alpha value is -1.63. The summed E-state index contributed by atoms with van der Waals surface area (Å²) in [6.07, 6.45) is 7.31. The number of methoxy groups -OCH3 is 1. The minimum Gasteiger partial charge on any atom is -0.497 e. The monoisotopic (exact) mass is 511 g/mol. The lowest BCUT2D eigenvalue weighted by Crippen LogP contribution is -2.62. The molecule has 6 rings (SSSR count). The van der Waals surface area contributed by atoms with Gasteiger partial charge in [-0.1, -0.05) is 20.8 Å². The summed E-state index contributed by atoms with van der Waals surface area (Å²) in [6, 6.07) is 5.74. The molecule has 1 heterocycles. The zero-order chi connectivity index (χ0) is 26.1. The van der Waals surface area contributed by atoms with Gasteiger partial charge in [0.1, 0.15) is 11.3 Å². The van der Waals surface area contributed by atoms with Crippen LogP contribution in [-0.4, -0.2) is 45.7 Å². The van der Waals surface area contributed by atoms with Crippen LogP contribution in [0.5, 0.6) is 5.75 Å². The van der Waals surface area contributed by atoms with E-state index in [4.69, 9.17) is 14.1 Å². The molecule has 37 heavy (non-hydrogen) atoms. The summed E-state index contributed by atoms with van der Waals surface area (Å²) >= 11 is 0. The lowest BCUT2D eigenvalue weighted by molar-refractivity contribution is -0.207. The van der Waals surface area contributed by atoms with Crippen LogP contribution < -0.4 is 4.74 Å². The summed E-state index contributed by atoms with van der Waals surface area (Å²) in [6.45, 7) is 7.05. The van der Waals surface area contributed by atoms with E-state index in [1.165, 1.54) is 0 Å². The van der Waals surface area contributed by atoms with Crippen molar-refractivity contribution < 1.29 is 24.5 Å². The van der Waals surface area contributed by atoms with Crippen LogP contribution in [0.3, 0.4) is 0 Å². The van der Waals surface area contributed by atoms with Crippen LogP contribution in [0.1, 0.15) is 78.0 Å². The quantitative estimate of drug-likeness (QED) is 0.500. The maximum Gasteiger partial charge on any atom is 0.195 e. The molecule has 11 atom stereocenters. The molecule has 4 fully saturated rings. The molecule has 0 bridgehead atoms. The minimum atomic E-state index is -0.347. The Kier molecular flexibility index (Phi) is 6.40. The van der Waals surface area contributed by atoms with E-state index in [0.29, 0.717) is 29.6 Å². The number of hydrogen-bond acceptors (Lipinski definition) is 6. The normalized spacial score (nSPS) is 44.2. The SMILES string of the molecule is COc1ccc2nc(CCC(C)[C@H]3CC[C@H]4[C@@H]5[C@H](O)C[C@@H]6C[C@H](O)CC[C@]6(C)[C@H]5C[C@H](O)[C@]34C)oc2c1. The van der Waals surface area contributed by atoms with E-state index in [9.17, 15) is 15.3 Å². The lowest BCUT2D eigenvalue weighted by Gasteiger charge is -2.63. The number of benzene rings is 1. The average molecular weight is 512 g/mol. The van der Waals surface area contributed by atoms with E-state index >= 15 is 0 Å². The van der Waals surface area contributed by atoms with Crippen molar-refractivity contribution in [2.45, 2.75) is 96.9 Å². The molecule has 2 aromatic rings. The number of oxazole rings is 1. The maximum absolute atomic E-state index is 11.8. The van der Waals surface area contributed by atoms with Crippen molar-refractivity contribution in [2.75, 3.05) is 7.11 Å². The maximum atomic E-state index is 11.8. The van der Waals surface area contributed by atoms with E-state index in [1.54, 1.807) is 7.11 Å². The second-order valence-corrected chi connectivity index (χ2v) is 13.5. The molecule has 1 aromatic carbocycles. The summed E-state index contributed by atoms with van der Waals surface area (Å²) in [5.74, 6) is 3.69. The first-order chi connectivity index (χ1) is 17.6. The Bertz CT molecular complexity index is 1130. The Morgan fingerprint density at radius 3 is 2.68 bits per heavy atom. The van der Waals surface area contributed by atoms with E-state index < -0.39 is 0 Å². The lowest BCUT2D eigenvalue weighted by atomic mass is 9.43. The van der Waals surface area contributed by atoms with Crippen molar-refractivity contribution in [3.8, 4) is 5.75 Å². The molecule has 1 aromatic heterocycles. The van der Waals surface area contributed by atoms with Gasteiger partial charge in [-0.25, -0.2) is 4.98 Å². The Morgan fingerprint density at radius 2 is 1.89 bits per heavy atom. The molecular formula is C31H45NO5. The standard InChI is InChI=1S/C31H45NO5/c1-17(5-10-28-32-24-9-6-20(36-4)15-26(24)37-28)21-7-8-22-29-23(16-27(35)31(21,22)3)30(2)12-11-19(33)13-18(30)14-25(29)34/h6,9,15,17-19,21-23,25,27,29,33-35H,5,7-8,10-14,16H2,1-4H3/t17?,18-,19+,21+,22-,23-,25+,27-,29-,30-,31+/m0/s1. The summed E-state index contributed by atoms with van der Waals surface area (Å²) in [5, 5.41) is 33.6. The second-order valence-electron chi connectivity index (χ2n) is 13.5. The third-order valence-corrected chi connectivity index (χ3v) is 12.0. The fraction of sp³-hybridized carbons (Fsp3) is 0.774. The van der Waals surface area contributed by atoms with Crippen molar-refractivity contribution in [3.05, 3.63) is 24.1 Å². The van der Waals surface area contributed by atoms with E-state index in [2.05, 4.69) is 20.8 Å². The molecule has 0 spiro atoms. The van der Waals surface area contributed by atoms with E-state index in [0.717, 1.165) is 80.5 Å². The van der Waals surface area contributed by atoms with Gasteiger partial charge in [-0.3, -0.25) is 0 Å². The number of fused-ring (bicyclic) bond motifs is 6. The molecule has 4 aliphatic rings. The number of rotatable bonds is 5. The molecule has 4 saturated carbocycles. The van der Waals surface area contributed by atoms with Gasteiger partial charge in [-0.2, -0.15) is 0 Å². The van der Waals surface area contributed by atoms with Crippen LogP contribution in [0.25, 0.3) is 11.1 Å². The predicted molar refractivity (Wildman–Crippen MR) is 142 cm³/mol. The predicted octanol–water partition coefficient (Wildman–Crippen LogP) is 5.37. The van der Waals surface area contributed by atoms with Crippen molar-refractivity contribution in [1.82, 2.24) is 4.98 Å². The third-order valence-electron chi connectivity index (χ3n) is 12.0. The third kappa shape index (κ3) is 3.96. The Morgan fingerprint density at radius 1 is 1.08 bits per heavy atom. The number of aromatic nitrogens is 1. The smallest absolute Gasteiger partial charge is 0.195 e. The highest BCUT2D eigenvalue weighted by atomic mass is 16.5. The number of aliphatic hydroxyl groups excluding tert-OH is 3. The number of nitrogens with zero attached hydrogens (tertiary/aromatic N) is 1. The first-order valence-corrected chi connectivity index (χ1v) is 14.6. The van der Waals surface area contributed by atoms with Gasteiger partial charge in [0.05, 0.1) is 25.4 Å². The van der Waals surface area contributed by atoms with Crippen LogP contribution in [0.2, 0.25) is 0 Å². The van der Waals surface area contributed by atoms with Crippen LogP contribution >= 0.6 is 0 Å².